The summed E-state index contributed by atoms with van der Waals surface area (Å²) in [4.78, 5) is 0. The van der Waals surface area contributed by atoms with Gasteiger partial charge in [-0.25, -0.2) is 0 Å². The molecule has 1 fully saturated rings. The highest BCUT2D eigenvalue weighted by molar-refractivity contribution is 6.71. The van der Waals surface area contributed by atoms with Crippen LogP contribution in [0.5, 0.6) is 0 Å². The van der Waals surface area contributed by atoms with Crippen molar-refractivity contribution < 1.29 is 8.85 Å². The Morgan fingerprint density at radius 1 is 0.429 bits per heavy atom. The van der Waals surface area contributed by atoms with E-state index in [2.05, 4.69) is 39.7 Å². The average molecular weight is 531 g/mol. The standard InChI is InChI=1S/C16H32.C11H26OSi.C4H12OSi/c1-2-4-6-8-10-12-14-16-15-13-11-9-7-5-3-1;1-5-6-7-8-9-10-11-13(3,4)12-2;1-5-6(2,3)4/h1-16H2;5-11H2,1-4H3;1-4H3. The van der Waals surface area contributed by atoms with Crippen LogP contribution in [0.1, 0.15) is 148 Å². The van der Waals surface area contributed by atoms with Gasteiger partial charge in [-0.15, -0.1) is 0 Å². The minimum absolute atomic E-state index is 1.13. The SMILES string of the molecule is C1CCCCCCCCCCCCCCC1.CCCCCCCC[Si](C)(C)OC.CO[Si](C)(C)C. The van der Waals surface area contributed by atoms with E-state index in [9.17, 15) is 0 Å². The molecule has 2 nitrogen and oxygen atoms in total. The molecule has 0 aliphatic heterocycles. The molecular formula is C31H70O2Si2. The van der Waals surface area contributed by atoms with E-state index in [1.165, 1.54) is 147 Å². The molecule has 0 radical (unpaired) electrons. The molecule has 0 atom stereocenters. The third-order valence-corrected chi connectivity index (χ3v) is 11.2. The van der Waals surface area contributed by atoms with Crippen LogP contribution in [0.4, 0.5) is 0 Å². The van der Waals surface area contributed by atoms with Crippen LogP contribution >= 0.6 is 0 Å². The Morgan fingerprint density at radius 3 is 0.914 bits per heavy atom. The van der Waals surface area contributed by atoms with Crippen LogP contribution < -0.4 is 0 Å². The molecule has 1 rings (SSSR count). The predicted molar refractivity (Wildman–Crippen MR) is 167 cm³/mol. The second kappa shape index (κ2) is 27.4. The average Bonchev–Trinajstić information content (AvgIpc) is 2.82. The van der Waals surface area contributed by atoms with Gasteiger partial charge in [-0.05, 0) is 38.8 Å². The van der Waals surface area contributed by atoms with Crippen molar-refractivity contribution in [1.82, 2.24) is 0 Å². The van der Waals surface area contributed by atoms with E-state index in [0.717, 1.165) is 0 Å². The van der Waals surface area contributed by atoms with Gasteiger partial charge >= 0.3 is 0 Å². The normalized spacial score (nSPS) is 17.5. The lowest BCUT2D eigenvalue weighted by molar-refractivity contribution is 0.400. The van der Waals surface area contributed by atoms with Crippen LogP contribution in [0, 0.1) is 0 Å². The molecule has 0 amide bonds. The van der Waals surface area contributed by atoms with Crippen LogP contribution in [0.3, 0.4) is 0 Å². The van der Waals surface area contributed by atoms with Crippen LogP contribution in [0.2, 0.25) is 38.8 Å². The fourth-order valence-corrected chi connectivity index (χ4v) is 5.57. The molecular weight excluding hydrogens is 461 g/mol. The zero-order chi connectivity index (χ0) is 26.7. The van der Waals surface area contributed by atoms with E-state index in [1.807, 2.05) is 7.11 Å². The van der Waals surface area contributed by atoms with E-state index in [4.69, 9.17) is 8.85 Å². The lowest BCUT2D eigenvalue weighted by atomic mass is 10.0. The molecule has 0 bridgehead atoms. The summed E-state index contributed by atoms with van der Waals surface area (Å²) in [5.41, 5.74) is 0. The largest absolute Gasteiger partial charge is 0.421 e. The van der Waals surface area contributed by atoms with Crippen molar-refractivity contribution in [2.45, 2.75) is 187 Å². The third-order valence-electron chi connectivity index (χ3n) is 7.30. The fourth-order valence-electron chi connectivity index (χ4n) is 4.26. The summed E-state index contributed by atoms with van der Waals surface area (Å²) in [6.45, 7) is 13.4. The topological polar surface area (TPSA) is 18.5 Å². The summed E-state index contributed by atoms with van der Waals surface area (Å²) in [6, 6.07) is 1.33. The van der Waals surface area contributed by atoms with Gasteiger partial charge in [-0.2, -0.15) is 0 Å². The monoisotopic (exact) mass is 530 g/mol. The summed E-state index contributed by atoms with van der Waals surface area (Å²) < 4.78 is 10.6. The van der Waals surface area contributed by atoms with Crippen molar-refractivity contribution in [3.8, 4) is 0 Å². The van der Waals surface area contributed by atoms with Gasteiger partial charge in [-0.1, -0.05) is 148 Å². The Bertz CT molecular complexity index is 330. The maximum absolute atomic E-state index is 5.50. The van der Waals surface area contributed by atoms with Crippen molar-refractivity contribution in [1.29, 1.82) is 0 Å². The first kappa shape index (κ1) is 37.5. The van der Waals surface area contributed by atoms with Gasteiger partial charge in [0.25, 0.3) is 0 Å². The third kappa shape index (κ3) is 36.6. The van der Waals surface area contributed by atoms with Crippen molar-refractivity contribution in [3.05, 3.63) is 0 Å². The Labute approximate surface area is 226 Å². The highest BCUT2D eigenvalue weighted by Crippen LogP contribution is 2.17. The highest BCUT2D eigenvalue weighted by atomic mass is 28.4. The van der Waals surface area contributed by atoms with Crippen LogP contribution in [0.25, 0.3) is 0 Å². The second-order valence-electron chi connectivity index (χ2n) is 12.5. The van der Waals surface area contributed by atoms with E-state index in [0.29, 0.717) is 0 Å². The first-order chi connectivity index (χ1) is 16.7. The Morgan fingerprint density at radius 2 is 0.686 bits per heavy atom. The van der Waals surface area contributed by atoms with Crippen molar-refractivity contribution in [2.75, 3.05) is 14.2 Å². The highest BCUT2D eigenvalue weighted by Gasteiger charge is 2.19. The molecule has 1 aliphatic rings. The lowest BCUT2D eigenvalue weighted by Gasteiger charge is -2.19. The number of hydrogen-bond donors (Lipinski definition) is 0. The molecule has 1 aliphatic carbocycles. The molecule has 0 aromatic carbocycles. The molecule has 35 heavy (non-hydrogen) atoms. The summed E-state index contributed by atoms with van der Waals surface area (Å²) in [5, 5.41) is 0. The molecule has 4 heteroatoms. The van der Waals surface area contributed by atoms with E-state index < -0.39 is 16.6 Å². The van der Waals surface area contributed by atoms with E-state index in [1.54, 1.807) is 7.11 Å². The van der Waals surface area contributed by atoms with Crippen molar-refractivity contribution in [3.63, 3.8) is 0 Å². The molecule has 0 heterocycles. The summed E-state index contributed by atoms with van der Waals surface area (Å²) in [5.74, 6) is 0. The smallest absolute Gasteiger partial charge is 0.186 e. The van der Waals surface area contributed by atoms with Gasteiger partial charge in [0.15, 0.2) is 16.6 Å². The molecule has 1 saturated carbocycles. The van der Waals surface area contributed by atoms with Gasteiger partial charge < -0.3 is 8.85 Å². The fraction of sp³-hybridized carbons (Fsp3) is 1.00. The van der Waals surface area contributed by atoms with Gasteiger partial charge in [0, 0.05) is 14.2 Å². The molecule has 214 valence electrons. The van der Waals surface area contributed by atoms with Crippen molar-refractivity contribution in [2.24, 2.45) is 0 Å². The summed E-state index contributed by atoms with van der Waals surface area (Å²) in [6.07, 6.45) is 32.4. The molecule has 0 aromatic rings. The Kier molecular flexibility index (Phi) is 29.4. The second-order valence-corrected chi connectivity index (χ2v) is 21.5. The van der Waals surface area contributed by atoms with Gasteiger partial charge in [0.1, 0.15) is 0 Å². The molecule has 0 N–H and O–H groups in total. The number of unbranched alkanes of at least 4 members (excludes halogenated alkanes) is 5. The quantitative estimate of drug-likeness (QED) is 0.218. The van der Waals surface area contributed by atoms with Crippen LogP contribution in [0.15, 0.2) is 0 Å². The zero-order valence-corrected chi connectivity index (χ0v) is 28.1. The Hall–Kier alpha value is 0.354. The van der Waals surface area contributed by atoms with E-state index >= 15 is 0 Å². The molecule has 0 unspecified atom stereocenters. The molecule has 0 aromatic heterocycles. The molecule has 0 spiro atoms. The van der Waals surface area contributed by atoms with Crippen LogP contribution in [-0.4, -0.2) is 30.9 Å². The minimum atomic E-state index is -1.25. The zero-order valence-electron chi connectivity index (χ0n) is 26.1. The predicted octanol–water partition coefficient (Wildman–Crippen LogP) is 11.9. The van der Waals surface area contributed by atoms with Gasteiger partial charge in [0.2, 0.25) is 0 Å². The number of hydrogen-bond acceptors (Lipinski definition) is 2. The summed E-state index contributed by atoms with van der Waals surface area (Å²) in [7, 11) is 1.26. The van der Waals surface area contributed by atoms with Gasteiger partial charge in [0.05, 0.1) is 0 Å². The lowest BCUT2D eigenvalue weighted by Crippen LogP contribution is -2.27. The summed E-state index contributed by atoms with van der Waals surface area (Å²) >= 11 is 0. The van der Waals surface area contributed by atoms with Gasteiger partial charge in [-0.3, -0.25) is 0 Å². The van der Waals surface area contributed by atoms with Crippen molar-refractivity contribution >= 4 is 16.6 Å². The molecule has 0 saturated heterocycles. The van der Waals surface area contributed by atoms with E-state index in [-0.39, 0.29) is 0 Å². The first-order valence-corrected chi connectivity index (χ1v) is 22.3. The maximum atomic E-state index is 5.50. The number of rotatable bonds is 9. The first-order valence-electron chi connectivity index (χ1n) is 15.8. The maximum Gasteiger partial charge on any atom is 0.186 e. The van der Waals surface area contributed by atoms with Crippen LogP contribution in [-0.2, 0) is 8.85 Å². The Balaban J connectivity index is 0. The minimum Gasteiger partial charge on any atom is -0.421 e.